The number of aliphatic hydroxyl groups excluding tert-OH is 1. The lowest BCUT2D eigenvalue weighted by molar-refractivity contribution is 0.249. The molecule has 0 heterocycles. The second-order valence-corrected chi connectivity index (χ2v) is 2.92. The SMILES string of the molecule is CCCC/C=C/C(CC)CO. The molecule has 0 spiro atoms. The maximum Gasteiger partial charge on any atom is 0.0493 e. The van der Waals surface area contributed by atoms with Crippen LogP contribution in [0.5, 0.6) is 0 Å². The van der Waals surface area contributed by atoms with Crippen LogP contribution in [0.3, 0.4) is 0 Å². The Morgan fingerprint density at radius 3 is 2.55 bits per heavy atom. The second kappa shape index (κ2) is 7.80. The third-order valence-corrected chi connectivity index (χ3v) is 1.89. The van der Waals surface area contributed by atoms with Crippen molar-refractivity contribution in [1.29, 1.82) is 0 Å². The predicted molar refractivity (Wildman–Crippen MR) is 49.5 cm³/mol. The molecule has 0 aromatic heterocycles. The number of aliphatic hydroxyl groups is 1. The van der Waals surface area contributed by atoms with Gasteiger partial charge in [0.15, 0.2) is 0 Å². The lowest BCUT2D eigenvalue weighted by Crippen LogP contribution is -1.99. The van der Waals surface area contributed by atoms with Crippen LogP contribution in [0.2, 0.25) is 0 Å². The molecule has 0 aromatic rings. The maximum atomic E-state index is 8.83. The molecule has 1 N–H and O–H groups in total. The maximum absolute atomic E-state index is 8.83. The van der Waals surface area contributed by atoms with E-state index in [4.69, 9.17) is 5.11 Å². The Balaban J connectivity index is 3.36. The molecule has 1 unspecified atom stereocenters. The van der Waals surface area contributed by atoms with Crippen LogP contribution in [0, 0.1) is 5.92 Å². The number of hydrogen-bond donors (Lipinski definition) is 1. The summed E-state index contributed by atoms with van der Waals surface area (Å²) in [5.74, 6) is 0.381. The molecule has 0 saturated carbocycles. The Kier molecular flexibility index (Phi) is 7.59. The molecular weight excluding hydrogens is 136 g/mol. The van der Waals surface area contributed by atoms with Crippen molar-refractivity contribution in [3.8, 4) is 0 Å². The number of hydrogen-bond acceptors (Lipinski definition) is 1. The molecule has 0 saturated heterocycles. The van der Waals surface area contributed by atoms with Gasteiger partial charge >= 0.3 is 0 Å². The van der Waals surface area contributed by atoms with Crippen LogP contribution in [0.4, 0.5) is 0 Å². The van der Waals surface area contributed by atoms with Crippen molar-refractivity contribution in [2.24, 2.45) is 5.92 Å². The van der Waals surface area contributed by atoms with Gasteiger partial charge in [0.2, 0.25) is 0 Å². The second-order valence-electron chi connectivity index (χ2n) is 2.92. The molecule has 0 aromatic carbocycles. The van der Waals surface area contributed by atoms with Crippen molar-refractivity contribution >= 4 is 0 Å². The Hall–Kier alpha value is -0.300. The Morgan fingerprint density at radius 1 is 1.36 bits per heavy atom. The molecule has 0 aliphatic carbocycles. The van der Waals surface area contributed by atoms with E-state index in [2.05, 4.69) is 26.0 Å². The van der Waals surface area contributed by atoms with Crippen LogP contribution in [-0.4, -0.2) is 11.7 Å². The van der Waals surface area contributed by atoms with Gasteiger partial charge < -0.3 is 5.11 Å². The molecule has 11 heavy (non-hydrogen) atoms. The zero-order valence-corrected chi connectivity index (χ0v) is 7.71. The van der Waals surface area contributed by atoms with Gasteiger partial charge in [0, 0.05) is 6.61 Å². The lowest BCUT2D eigenvalue weighted by atomic mass is 10.1. The fourth-order valence-electron chi connectivity index (χ4n) is 0.937. The van der Waals surface area contributed by atoms with Gasteiger partial charge in [0.1, 0.15) is 0 Å². The average Bonchev–Trinajstić information content (AvgIpc) is 2.05. The van der Waals surface area contributed by atoms with Crippen molar-refractivity contribution in [2.45, 2.75) is 39.5 Å². The first-order valence-corrected chi connectivity index (χ1v) is 4.62. The van der Waals surface area contributed by atoms with Crippen LogP contribution in [0.1, 0.15) is 39.5 Å². The monoisotopic (exact) mass is 156 g/mol. The zero-order chi connectivity index (χ0) is 8.53. The molecular formula is C10H20O. The highest BCUT2D eigenvalue weighted by atomic mass is 16.3. The van der Waals surface area contributed by atoms with Gasteiger partial charge in [-0.05, 0) is 18.8 Å². The molecule has 0 rings (SSSR count). The van der Waals surface area contributed by atoms with Crippen molar-refractivity contribution < 1.29 is 5.11 Å². The van der Waals surface area contributed by atoms with E-state index in [1.807, 2.05) is 0 Å². The lowest BCUT2D eigenvalue weighted by Gasteiger charge is -2.03. The van der Waals surface area contributed by atoms with Gasteiger partial charge in [-0.15, -0.1) is 0 Å². The zero-order valence-electron chi connectivity index (χ0n) is 7.71. The summed E-state index contributed by atoms with van der Waals surface area (Å²) < 4.78 is 0. The highest BCUT2D eigenvalue weighted by molar-refractivity contribution is 4.87. The fraction of sp³-hybridized carbons (Fsp3) is 0.800. The molecule has 0 amide bonds. The van der Waals surface area contributed by atoms with Crippen LogP contribution in [-0.2, 0) is 0 Å². The van der Waals surface area contributed by atoms with Crippen LogP contribution in [0.15, 0.2) is 12.2 Å². The van der Waals surface area contributed by atoms with E-state index in [1.165, 1.54) is 12.8 Å². The van der Waals surface area contributed by atoms with Crippen molar-refractivity contribution in [3.63, 3.8) is 0 Å². The van der Waals surface area contributed by atoms with E-state index in [9.17, 15) is 0 Å². The van der Waals surface area contributed by atoms with Crippen molar-refractivity contribution in [2.75, 3.05) is 6.61 Å². The van der Waals surface area contributed by atoms with Crippen molar-refractivity contribution in [1.82, 2.24) is 0 Å². The van der Waals surface area contributed by atoms with E-state index in [0.717, 1.165) is 12.8 Å². The summed E-state index contributed by atoms with van der Waals surface area (Å²) in [5.41, 5.74) is 0. The smallest absolute Gasteiger partial charge is 0.0493 e. The van der Waals surface area contributed by atoms with Gasteiger partial charge in [-0.1, -0.05) is 38.8 Å². The summed E-state index contributed by atoms with van der Waals surface area (Å²) in [5, 5.41) is 8.83. The van der Waals surface area contributed by atoms with Crippen LogP contribution >= 0.6 is 0 Å². The Labute approximate surface area is 70.1 Å². The molecule has 0 aliphatic heterocycles. The molecule has 0 fully saturated rings. The summed E-state index contributed by atoms with van der Waals surface area (Å²) in [6.45, 7) is 4.58. The van der Waals surface area contributed by atoms with Gasteiger partial charge in [0.25, 0.3) is 0 Å². The Morgan fingerprint density at radius 2 is 2.09 bits per heavy atom. The van der Waals surface area contributed by atoms with E-state index >= 15 is 0 Å². The van der Waals surface area contributed by atoms with E-state index in [-0.39, 0.29) is 0 Å². The first-order chi connectivity index (χ1) is 5.35. The summed E-state index contributed by atoms with van der Waals surface area (Å²) in [6, 6.07) is 0. The fourth-order valence-corrected chi connectivity index (χ4v) is 0.937. The first kappa shape index (κ1) is 10.7. The van der Waals surface area contributed by atoms with Gasteiger partial charge in [-0.25, -0.2) is 0 Å². The molecule has 66 valence electrons. The highest BCUT2D eigenvalue weighted by Crippen LogP contribution is 2.04. The highest BCUT2D eigenvalue weighted by Gasteiger charge is 1.96. The third-order valence-electron chi connectivity index (χ3n) is 1.89. The van der Waals surface area contributed by atoms with Crippen LogP contribution < -0.4 is 0 Å². The molecule has 1 heteroatoms. The summed E-state index contributed by atoms with van der Waals surface area (Å²) in [4.78, 5) is 0. The molecule has 1 atom stereocenters. The predicted octanol–water partition coefficient (Wildman–Crippen LogP) is 2.75. The van der Waals surface area contributed by atoms with E-state index in [1.54, 1.807) is 0 Å². The number of allylic oxidation sites excluding steroid dienone is 1. The molecule has 1 nitrogen and oxygen atoms in total. The normalized spacial score (nSPS) is 14.1. The largest absolute Gasteiger partial charge is 0.396 e. The minimum absolute atomic E-state index is 0.291. The van der Waals surface area contributed by atoms with E-state index in [0.29, 0.717) is 12.5 Å². The topological polar surface area (TPSA) is 20.2 Å². The third kappa shape index (κ3) is 6.11. The average molecular weight is 156 g/mol. The minimum Gasteiger partial charge on any atom is -0.396 e. The van der Waals surface area contributed by atoms with Gasteiger partial charge in [0.05, 0.1) is 0 Å². The molecule has 0 bridgehead atoms. The number of rotatable bonds is 6. The quantitative estimate of drug-likeness (QED) is 0.463. The Bertz CT molecular complexity index is 93.0. The number of unbranched alkanes of at least 4 members (excludes halogenated alkanes) is 2. The van der Waals surface area contributed by atoms with E-state index < -0.39 is 0 Å². The van der Waals surface area contributed by atoms with Crippen molar-refractivity contribution in [3.05, 3.63) is 12.2 Å². The van der Waals surface area contributed by atoms with Gasteiger partial charge in [-0.3, -0.25) is 0 Å². The first-order valence-electron chi connectivity index (χ1n) is 4.62. The summed E-state index contributed by atoms with van der Waals surface area (Å²) >= 11 is 0. The standard InChI is InChI=1S/C10H20O/c1-3-5-6-7-8-10(4-2)9-11/h7-8,10-11H,3-6,9H2,1-2H3/b8-7+. The summed E-state index contributed by atoms with van der Waals surface area (Å²) in [7, 11) is 0. The summed E-state index contributed by atoms with van der Waals surface area (Å²) in [6.07, 6.45) is 9.04. The molecule has 0 aliphatic rings. The van der Waals surface area contributed by atoms with Crippen LogP contribution in [0.25, 0.3) is 0 Å². The van der Waals surface area contributed by atoms with Gasteiger partial charge in [-0.2, -0.15) is 0 Å². The minimum atomic E-state index is 0.291. The molecule has 0 radical (unpaired) electrons.